The lowest BCUT2D eigenvalue weighted by Crippen LogP contribution is -2.23. The Labute approximate surface area is 141 Å². The molecular weight excluding hydrogens is 302 g/mol. The molecule has 0 fully saturated rings. The fourth-order valence-electron chi connectivity index (χ4n) is 2.74. The van der Waals surface area contributed by atoms with Crippen molar-refractivity contribution >= 4 is 11.8 Å². The minimum absolute atomic E-state index is 0.0682. The largest absolute Gasteiger partial charge is 0.352 e. The zero-order chi connectivity index (χ0) is 16.9. The molecule has 5 nitrogen and oxygen atoms in total. The van der Waals surface area contributed by atoms with Crippen LogP contribution in [0.2, 0.25) is 0 Å². The maximum Gasteiger partial charge on any atom is 0.251 e. The minimum atomic E-state index is -0.0975. The van der Waals surface area contributed by atoms with Crippen molar-refractivity contribution in [1.29, 1.82) is 0 Å². The van der Waals surface area contributed by atoms with Crippen LogP contribution in [0.25, 0.3) is 0 Å². The number of fused-ring (bicyclic) bond motifs is 1. The lowest BCUT2D eigenvalue weighted by atomic mass is 10.1. The van der Waals surface area contributed by atoms with Gasteiger partial charge in [-0.25, -0.2) is 0 Å². The van der Waals surface area contributed by atoms with Gasteiger partial charge in [-0.1, -0.05) is 30.3 Å². The van der Waals surface area contributed by atoms with Gasteiger partial charge in [0.05, 0.1) is 0 Å². The second-order valence-electron chi connectivity index (χ2n) is 6.00. The van der Waals surface area contributed by atoms with Crippen LogP contribution in [-0.2, 0) is 31.0 Å². The highest BCUT2D eigenvalue weighted by Gasteiger charge is 2.11. The predicted molar refractivity (Wildman–Crippen MR) is 92.1 cm³/mol. The van der Waals surface area contributed by atoms with Gasteiger partial charge in [0.15, 0.2) is 0 Å². The summed E-state index contributed by atoms with van der Waals surface area (Å²) >= 11 is 0. The number of amides is 2. The predicted octanol–water partition coefficient (Wildman–Crippen LogP) is 1.86. The van der Waals surface area contributed by atoms with Crippen LogP contribution in [0.4, 0.5) is 0 Å². The van der Waals surface area contributed by atoms with Gasteiger partial charge in [-0.15, -0.1) is 0 Å². The van der Waals surface area contributed by atoms with Crippen molar-refractivity contribution in [2.24, 2.45) is 0 Å². The van der Waals surface area contributed by atoms with Gasteiger partial charge < -0.3 is 16.0 Å². The fourth-order valence-corrected chi connectivity index (χ4v) is 2.74. The molecule has 1 heterocycles. The Kier molecular flexibility index (Phi) is 4.91. The molecule has 1 aliphatic rings. The number of rotatable bonds is 5. The first-order valence-electron chi connectivity index (χ1n) is 8.05. The third kappa shape index (κ3) is 4.00. The molecule has 0 saturated carbocycles. The Morgan fingerprint density at radius 3 is 2.33 bits per heavy atom. The Morgan fingerprint density at radius 1 is 0.917 bits per heavy atom. The Morgan fingerprint density at radius 2 is 1.58 bits per heavy atom. The van der Waals surface area contributed by atoms with Crippen LogP contribution in [0.1, 0.15) is 39.5 Å². The van der Waals surface area contributed by atoms with Gasteiger partial charge in [0, 0.05) is 38.7 Å². The van der Waals surface area contributed by atoms with E-state index in [-0.39, 0.29) is 11.8 Å². The van der Waals surface area contributed by atoms with Crippen LogP contribution < -0.4 is 16.0 Å². The van der Waals surface area contributed by atoms with Crippen LogP contribution in [0.15, 0.2) is 42.5 Å². The lowest BCUT2D eigenvalue weighted by Gasteiger charge is -2.08. The van der Waals surface area contributed by atoms with E-state index in [9.17, 15) is 9.59 Å². The van der Waals surface area contributed by atoms with Crippen LogP contribution >= 0.6 is 0 Å². The second kappa shape index (κ2) is 7.27. The first-order valence-corrected chi connectivity index (χ1v) is 8.05. The first-order chi connectivity index (χ1) is 11.6. The molecule has 0 spiro atoms. The molecule has 3 rings (SSSR count). The first kappa shape index (κ1) is 16.2. The Hall–Kier alpha value is -2.66. The second-order valence-corrected chi connectivity index (χ2v) is 6.00. The van der Waals surface area contributed by atoms with E-state index in [1.165, 1.54) is 18.1 Å². The van der Waals surface area contributed by atoms with Gasteiger partial charge in [-0.05, 0) is 34.4 Å². The van der Waals surface area contributed by atoms with E-state index in [4.69, 9.17) is 0 Å². The molecule has 2 amide bonds. The van der Waals surface area contributed by atoms with Gasteiger partial charge >= 0.3 is 0 Å². The highest BCUT2D eigenvalue weighted by atomic mass is 16.2. The number of benzene rings is 2. The molecule has 0 saturated heterocycles. The summed E-state index contributed by atoms with van der Waals surface area (Å²) in [5, 5.41) is 8.99. The summed E-state index contributed by atoms with van der Waals surface area (Å²) in [4.78, 5) is 23.1. The van der Waals surface area contributed by atoms with Gasteiger partial charge in [-0.3, -0.25) is 9.59 Å². The summed E-state index contributed by atoms with van der Waals surface area (Å²) in [5.74, 6) is -0.166. The normalized spacial score (nSPS) is 12.5. The molecule has 0 bridgehead atoms. The SMILES string of the molecule is CC(=O)NCc1ccc(C(=O)NCc2ccc3c(c2)CNC3)cc1. The van der Waals surface area contributed by atoms with Crippen molar-refractivity contribution in [2.75, 3.05) is 0 Å². The maximum atomic E-state index is 12.2. The molecule has 1 aliphatic heterocycles. The number of carbonyl (C=O) groups is 2. The van der Waals surface area contributed by atoms with Crippen LogP contribution in [0.3, 0.4) is 0 Å². The fraction of sp³-hybridized carbons (Fsp3) is 0.263. The highest BCUT2D eigenvalue weighted by Crippen LogP contribution is 2.17. The summed E-state index contributed by atoms with van der Waals surface area (Å²) < 4.78 is 0. The van der Waals surface area contributed by atoms with Crippen molar-refractivity contribution in [1.82, 2.24) is 16.0 Å². The van der Waals surface area contributed by atoms with E-state index in [0.29, 0.717) is 18.7 Å². The molecule has 0 aliphatic carbocycles. The zero-order valence-electron chi connectivity index (χ0n) is 13.7. The third-order valence-electron chi connectivity index (χ3n) is 4.11. The molecule has 2 aromatic carbocycles. The van der Waals surface area contributed by atoms with E-state index < -0.39 is 0 Å². The maximum absolute atomic E-state index is 12.2. The van der Waals surface area contributed by atoms with E-state index in [2.05, 4.69) is 34.1 Å². The van der Waals surface area contributed by atoms with Crippen LogP contribution in [0.5, 0.6) is 0 Å². The average molecular weight is 323 g/mol. The molecule has 124 valence electrons. The molecule has 2 aromatic rings. The van der Waals surface area contributed by atoms with Crippen molar-refractivity contribution in [3.05, 3.63) is 70.3 Å². The van der Waals surface area contributed by atoms with E-state index >= 15 is 0 Å². The number of carbonyl (C=O) groups excluding carboxylic acids is 2. The average Bonchev–Trinajstić information content (AvgIpc) is 3.06. The smallest absolute Gasteiger partial charge is 0.251 e. The number of nitrogens with one attached hydrogen (secondary N) is 3. The number of hydrogen-bond donors (Lipinski definition) is 3. The van der Waals surface area contributed by atoms with E-state index in [1.807, 2.05) is 12.1 Å². The molecule has 3 N–H and O–H groups in total. The molecular formula is C19H21N3O2. The van der Waals surface area contributed by atoms with Gasteiger partial charge in [0.25, 0.3) is 5.91 Å². The molecule has 0 atom stereocenters. The van der Waals surface area contributed by atoms with Gasteiger partial charge in [0.2, 0.25) is 5.91 Å². The van der Waals surface area contributed by atoms with Crippen molar-refractivity contribution in [3.63, 3.8) is 0 Å². The lowest BCUT2D eigenvalue weighted by molar-refractivity contribution is -0.119. The zero-order valence-corrected chi connectivity index (χ0v) is 13.7. The summed E-state index contributed by atoms with van der Waals surface area (Å²) in [6.07, 6.45) is 0. The summed E-state index contributed by atoms with van der Waals surface area (Å²) in [6.45, 7) is 4.29. The van der Waals surface area contributed by atoms with E-state index in [0.717, 1.165) is 24.2 Å². The summed E-state index contributed by atoms with van der Waals surface area (Å²) in [6, 6.07) is 13.6. The van der Waals surface area contributed by atoms with Crippen LogP contribution in [-0.4, -0.2) is 11.8 Å². The Balaban J connectivity index is 1.56. The van der Waals surface area contributed by atoms with Crippen molar-refractivity contribution in [2.45, 2.75) is 33.1 Å². The minimum Gasteiger partial charge on any atom is -0.352 e. The quantitative estimate of drug-likeness (QED) is 0.786. The van der Waals surface area contributed by atoms with Crippen molar-refractivity contribution in [3.8, 4) is 0 Å². The number of hydrogen-bond acceptors (Lipinski definition) is 3. The molecule has 24 heavy (non-hydrogen) atoms. The summed E-state index contributed by atoms with van der Waals surface area (Å²) in [7, 11) is 0. The molecule has 0 radical (unpaired) electrons. The van der Waals surface area contributed by atoms with E-state index in [1.54, 1.807) is 12.1 Å². The molecule has 5 heteroatoms. The van der Waals surface area contributed by atoms with Crippen molar-refractivity contribution < 1.29 is 9.59 Å². The topological polar surface area (TPSA) is 70.2 Å². The summed E-state index contributed by atoms with van der Waals surface area (Å²) in [5.41, 5.74) is 5.33. The van der Waals surface area contributed by atoms with Gasteiger partial charge in [-0.2, -0.15) is 0 Å². The van der Waals surface area contributed by atoms with Gasteiger partial charge in [0.1, 0.15) is 0 Å². The monoisotopic (exact) mass is 323 g/mol. The Bertz CT molecular complexity index is 754. The highest BCUT2D eigenvalue weighted by molar-refractivity contribution is 5.94. The third-order valence-corrected chi connectivity index (χ3v) is 4.11. The molecule has 0 aromatic heterocycles. The standard InChI is InChI=1S/C19H21N3O2/c1-13(23)21-9-14-2-5-16(6-3-14)19(24)22-10-15-4-7-17-11-20-12-18(17)8-15/h2-8,20H,9-12H2,1H3,(H,21,23)(H,22,24). The molecule has 0 unspecified atom stereocenters. The van der Waals surface area contributed by atoms with Crippen LogP contribution in [0, 0.1) is 0 Å².